The summed E-state index contributed by atoms with van der Waals surface area (Å²) in [5.41, 5.74) is 0. The van der Waals surface area contributed by atoms with Gasteiger partial charge in [0.05, 0.1) is 0 Å². The predicted molar refractivity (Wildman–Crippen MR) is 42.8 cm³/mol. The van der Waals surface area contributed by atoms with Crippen LogP contribution < -0.4 is 5.32 Å². The lowest BCUT2D eigenvalue weighted by Gasteiger charge is -2.19. The molecular weight excluding hydrogens is 128 g/mol. The maximum atomic E-state index is 9.24. The van der Waals surface area contributed by atoms with Crippen LogP contribution in [0.4, 0.5) is 0 Å². The molecule has 0 aromatic carbocycles. The Bertz CT molecular complexity index is 73.7. The van der Waals surface area contributed by atoms with Crippen LogP contribution in [0.2, 0.25) is 0 Å². The number of aliphatic hydroxyl groups excluding tert-OH is 1. The zero-order valence-corrected chi connectivity index (χ0v) is 7.26. The second-order valence-corrected chi connectivity index (χ2v) is 3.10. The van der Waals surface area contributed by atoms with Gasteiger partial charge < -0.3 is 10.0 Å². The average molecular weight is 146 g/mol. The number of nitrogens with one attached hydrogen (secondary N) is 1. The first-order chi connectivity index (χ1) is 4.52. The normalized spacial score (nSPS) is 14.7. The summed E-state index contributed by atoms with van der Waals surface area (Å²) < 4.78 is 0. The Morgan fingerprint density at radius 2 is 1.90 bits per heavy atom. The van der Waals surface area contributed by atoms with E-state index in [2.05, 4.69) is 5.32 Å². The lowest BCUT2D eigenvalue weighted by atomic mass is 10.4. The van der Waals surface area contributed by atoms with Crippen molar-refractivity contribution in [1.82, 2.24) is 10.2 Å². The van der Waals surface area contributed by atoms with Crippen LogP contribution in [0.15, 0.2) is 0 Å². The minimum atomic E-state index is -0.407. The van der Waals surface area contributed by atoms with Crippen molar-refractivity contribution in [3.8, 4) is 0 Å². The Labute approximate surface area is 63.0 Å². The summed E-state index contributed by atoms with van der Waals surface area (Å²) >= 11 is 0. The number of hydrogen-bond acceptors (Lipinski definition) is 3. The van der Waals surface area contributed by atoms with Crippen LogP contribution in [0.3, 0.4) is 0 Å². The second kappa shape index (κ2) is 4.66. The molecule has 0 radical (unpaired) electrons. The Morgan fingerprint density at radius 3 is 2.20 bits per heavy atom. The van der Waals surface area contributed by atoms with Crippen molar-refractivity contribution >= 4 is 0 Å². The minimum Gasteiger partial charge on any atom is -0.377 e. The van der Waals surface area contributed by atoms with Gasteiger partial charge in [-0.15, -0.1) is 0 Å². The van der Waals surface area contributed by atoms with E-state index in [4.69, 9.17) is 0 Å². The van der Waals surface area contributed by atoms with Crippen LogP contribution in [0.5, 0.6) is 0 Å². The Morgan fingerprint density at radius 1 is 1.40 bits per heavy atom. The summed E-state index contributed by atoms with van der Waals surface area (Å²) in [4.78, 5) is 1.94. The molecule has 62 valence electrons. The van der Waals surface area contributed by atoms with Gasteiger partial charge in [0.1, 0.15) is 6.23 Å². The second-order valence-electron chi connectivity index (χ2n) is 3.10. The van der Waals surface area contributed by atoms with E-state index in [-0.39, 0.29) is 0 Å². The van der Waals surface area contributed by atoms with Gasteiger partial charge in [-0.05, 0) is 27.9 Å². The third-order valence-electron chi connectivity index (χ3n) is 1.06. The van der Waals surface area contributed by atoms with Gasteiger partial charge in [0.2, 0.25) is 0 Å². The minimum absolute atomic E-state index is 0.343. The Hall–Kier alpha value is -0.120. The highest BCUT2D eigenvalue weighted by molar-refractivity contribution is 4.59. The van der Waals surface area contributed by atoms with Gasteiger partial charge in [0, 0.05) is 12.6 Å². The van der Waals surface area contributed by atoms with Gasteiger partial charge in [-0.3, -0.25) is 5.32 Å². The van der Waals surface area contributed by atoms with E-state index in [1.807, 2.05) is 32.8 Å². The highest BCUT2D eigenvalue weighted by atomic mass is 16.3. The fourth-order valence-corrected chi connectivity index (χ4v) is 0.783. The molecule has 1 unspecified atom stereocenters. The number of aliphatic hydroxyl groups is 1. The molecule has 0 bridgehead atoms. The number of rotatable bonds is 4. The monoisotopic (exact) mass is 146 g/mol. The van der Waals surface area contributed by atoms with Crippen molar-refractivity contribution in [3.63, 3.8) is 0 Å². The molecule has 0 aromatic rings. The first-order valence-corrected chi connectivity index (χ1v) is 3.61. The maximum Gasteiger partial charge on any atom is 0.117 e. The van der Waals surface area contributed by atoms with Crippen LogP contribution in [0.25, 0.3) is 0 Å². The van der Waals surface area contributed by atoms with Crippen molar-refractivity contribution < 1.29 is 5.11 Å². The van der Waals surface area contributed by atoms with Crippen LogP contribution in [-0.2, 0) is 0 Å². The fourth-order valence-electron chi connectivity index (χ4n) is 0.783. The Balaban J connectivity index is 3.34. The molecule has 0 rings (SSSR count). The number of likely N-dealkylation sites (N-methyl/N-ethyl adjacent to an activating group) is 1. The molecule has 0 heterocycles. The van der Waals surface area contributed by atoms with Crippen molar-refractivity contribution in [2.24, 2.45) is 0 Å². The molecule has 0 aliphatic carbocycles. The molecule has 0 aliphatic rings. The van der Waals surface area contributed by atoms with E-state index in [1.165, 1.54) is 0 Å². The summed E-state index contributed by atoms with van der Waals surface area (Å²) in [7, 11) is 3.87. The molecule has 0 aromatic heterocycles. The summed E-state index contributed by atoms with van der Waals surface area (Å²) in [6.07, 6.45) is -0.407. The van der Waals surface area contributed by atoms with Crippen LogP contribution in [0.1, 0.15) is 13.8 Å². The third-order valence-corrected chi connectivity index (χ3v) is 1.06. The zero-order chi connectivity index (χ0) is 8.15. The van der Waals surface area contributed by atoms with E-state index in [1.54, 1.807) is 0 Å². The summed E-state index contributed by atoms with van der Waals surface area (Å²) in [6.45, 7) is 4.69. The molecule has 0 saturated heterocycles. The van der Waals surface area contributed by atoms with Gasteiger partial charge in [0.25, 0.3) is 0 Å². The molecule has 0 amide bonds. The van der Waals surface area contributed by atoms with Gasteiger partial charge in [-0.1, -0.05) is 0 Å². The lowest BCUT2D eigenvalue weighted by Crippen LogP contribution is -2.41. The molecule has 1 atom stereocenters. The average Bonchev–Trinajstić information content (AvgIpc) is 1.58. The molecule has 3 heteroatoms. The van der Waals surface area contributed by atoms with Gasteiger partial charge in [-0.25, -0.2) is 0 Å². The predicted octanol–water partition coefficient (Wildman–Crippen LogP) is -0.136. The first-order valence-electron chi connectivity index (χ1n) is 3.61. The topological polar surface area (TPSA) is 35.5 Å². The van der Waals surface area contributed by atoms with E-state index in [0.29, 0.717) is 12.6 Å². The number of nitrogens with zero attached hydrogens (tertiary/aromatic N) is 1. The van der Waals surface area contributed by atoms with Gasteiger partial charge in [0.15, 0.2) is 0 Å². The van der Waals surface area contributed by atoms with E-state index in [0.717, 1.165) is 0 Å². The third kappa shape index (κ3) is 6.01. The smallest absolute Gasteiger partial charge is 0.117 e. The van der Waals surface area contributed by atoms with Crippen molar-refractivity contribution in [2.75, 3.05) is 20.6 Å². The molecular formula is C7H18N2O. The van der Waals surface area contributed by atoms with Crippen LogP contribution in [0, 0.1) is 0 Å². The quantitative estimate of drug-likeness (QED) is 0.542. The van der Waals surface area contributed by atoms with E-state index >= 15 is 0 Å². The SMILES string of the molecule is CC(C)NC(O)CN(C)C. The van der Waals surface area contributed by atoms with Crippen LogP contribution >= 0.6 is 0 Å². The molecule has 0 fully saturated rings. The zero-order valence-electron chi connectivity index (χ0n) is 7.26. The highest BCUT2D eigenvalue weighted by Crippen LogP contribution is 1.84. The molecule has 0 saturated carbocycles. The summed E-state index contributed by atoms with van der Waals surface area (Å²) in [5.74, 6) is 0. The van der Waals surface area contributed by atoms with Gasteiger partial charge >= 0.3 is 0 Å². The highest BCUT2D eigenvalue weighted by Gasteiger charge is 2.04. The summed E-state index contributed by atoms with van der Waals surface area (Å²) in [6, 6.07) is 0.343. The van der Waals surface area contributed by atoms with Crippen molar-refractivity contribution in [1.29, 1.82) is 0 Å². The fraction of sp³-hybridized carbons (Fsp3) is 1.00. The molecule has 3 nitrogen and oxygen atoms in total. The maximum absolute atomic E-state index is 9.24. The van der Waals surface area contributed by atoms with E-state index < -0.39 is 6.23 Å². The largest absolute Gasteiger partial charge is 0.377 e. The van der Waals surface area contributed by atoms with Crippen LogP contribution in [-0.4, -0.2) is 42.9 Å². The molecule has 2 N–H and O–H groups in total. The Kier molecular flexibility index (Phi) is 4.60. The van der Waals surface area contributed by atoms with E-state index in [9.17, 15) is 5.11 Å². The first kappa shape index (κ1) is 9.88. The molecule has 0 aliphatic heterocycles. The molecule has 10 heavy (non-hydrogen) atoms. The van der Waals surface area contributed by atoms with Crippen molar-refractivity contribution in [3.05, 3.63) is 0 Å². The molecule has 0 spiro atoms. The lowest BCUT2D eigenvalue weighted by molar-refractivity contribution is 0.0965. The number of hydrogen-bond donors (Lipinski definition) is 2. The standard InChI is InChI=1S/C7H18N2O/c1-6(2)8-7(10)5-9(3)4/h6-8,10H,5H2,1-4H3. The van der Waals surface area contributed by atoms with Crippen molar-refractivity contribution in [2.45, 2.75) is 26.1 Å². The van der Waals surface area contributed by atoms with Gasteiger partial charge in [-0.2, -0.15) is 0 Å². The summed E-state index contributed by atoms with van der Waals surface area (Å²) in [5, 5.41) is 12.2.